The fourth-order valence-electron chi connectivity index (χ4n) is 2.78. The van der Waals surface area contributed by atoms with E-state index in [-0.39, 0.29) is 29.4 Å². The number of hydrogen-bond donors (Lipinski definition) is 1. The normalized spacial score (nSPS) is 27.2. The SMILES string of the molecule is CC(=O)c1cccc(N2C(=S)N[C@H]3CS(=O)(=O)C[C@H]32)c1. The van der Waals surface area contributed by atoms with Crippen molar-refractivity contribution in [1.29, 1.82) is 0 Å². The van der Waals surface area contributed by atoms with Gasteiger partial charge in [-0.2, -0.15) is 0 Å². The second kappa shape index (κ2) is 4.53. The van der Waals surface area contributed by atoms with Gasteiger partial charge in [-0.15, -0.1) is 0 Å². The van der Waals surface area contributed by atoms with Crippen molar-refractivity contribution >= 4 is 38.6 Å². The third kappa shape index (κ3) is 2.20. The number of ketones is 1. The van der Waals surface area contributed by atoms with Crippen LogP contribution in [-0.2, 0) is 9.84 Å². The molecular weight excluding hydrogens is 296 g/mol. The predicted octanol–water partition coefficient (Wildman–Crippen LogP) is 0.749. The van der Waals surface area contributed by atoms with Gasteiger partial charge in [0.25, 0.3) is 0 Å². The minimum absolute atomic E-state index is 0.0273. The van der Waals surface area contributed by atoms with Crippen molar-refractivity contribution in [3.63, 3.8) is 0 Å². The summed E-state index contributed by atoms with van der Waals surface area (Å²) < 4.78 is 23.5. The monoisotopic (exact) mass is 310 g/mol. The molecule has 2 fully saturated rings. The van der Waals surface area contributed by atoms with Crippen molar-refractivity contribution < 1.29 is 13.2 Å². The van der Waals surface area contributed by atoms with E-state index in [1.54, 1.807) is 18.2 Å². The number of nitrogens with zero attached hydrogens (tertiary/aromatic N) is 1. The lowest BCUT2D eigenvalue weighted by Gasteiger charge is -2.23. The first-order valence-corrected chi connectivity index (χ1v) is 8.51. The zero-order valence-corrected chi connectivity index (χ0v) is 12.5. The average molecular weight is 310 g/mol. The Balaban J connectivity index is 1.99. The van der Waals surface area contributed by atoms with E-state index in [2.05, 4.69) is 5.32 Å². The molecule has 3 rings (SSSR count). The smallest absolute Gasteiger partial charge is 0.174 e. The van der Waals surface area contributed by atoms with Crippen LogP contribution in [0, 0.1) is 0 Å². The summed E-state index contributed by atoms with van der Waals surface area (Å²) in [4.78, 5) is 13.3. The molecule has 2 aliphatic heterocycles. The lowest BCUT2D eigenvalue weighted by molar-refractivity contribution is 0.101. The van der Waals surface area contributed by atoms with Gasteiger partial charge in [0.2, 0.25) is 0 Å². The number of anilines is 1. The first kappa shape index (κ1) is 13.5. The van der Waals surface area contributed by atoms with Crippen LogP contribution in [0.15, 0.2) is 24.3 Å². The molecule has 106 valence electrons. The van der Waals surface area contributed by atoms with Crippen molar-refractivity contribution in [3.8, 4) is 0 Å². The van der Waals surface area contributed by atoms with E-state index in [1.807, 2.05) is 11.0 Å². The number of carbonyl (C=O) groups is 1. The minimum atomic E-state index is -3.03. The number of Topliss-reactive ketones (excluding diaryl/α,β-unsaturated/α-hetero) is 1. The van der Waals surface area contributed by atoms with Gasteiger partial charge in [-0.05, 0) is 31.3 Å². The summed E-state index contributed by atoms with van der Waals surface area (Å²) in [6.07, 6.45) is 0. The Morgan fingerprint density at radius 2 is 2.15 bits per heavy atom. The molecule has 2 saturated heterocycles. The van der Waals surface area contributed by atoms with Gasteiger partial charge in [-0.25, -0.2) is 8.42 Å². The van der Waals surface area contributed by atoms with Crippen LogP contribution in [0.5, 0.6) is 0 Å². The Morgan fingerprint density at radius 3 is 2.85 bits per heavy atom. The molecule has 2 heterocycles. The second-order valence-electron chi connectivity index (χ2n) is 5.18. The van der Waals surface area contributed by atoms with Gasteiger partial charge in [-0.1, -0.05) is 12.1 Å². The van der Waals surface area contributed by atoms with Gasteiger partial charge < -0.3 is 10.2 Å². The molecule has 2 aliphatic rings. The Labute approximate surface area is 122 Å². The highest BCUT2D eigenvalue weighted by atomic mass is 32.2. The molecule has 5 nitrogen and oxygen atoms in total. The molecule has 0 spiro atoms. The summed E-state index contributed by atoms with van der Waals surface area (Å²) in [6, 6.07) is 6.77. The lowest BCUT2D eigenvalue weighted by Crippen LogP contribution is -2.36. The van der Waals surface area contributed by atoms with Crippen molar-refractivity contribution in [2.24, 2.45) is 0 Å². The summed E-state index contributed by atoms with van der Waals surface area (Å²) in [7, 11) is -3.03. The third-order valence-corrected chi connectivity index (χ3v) is 5.74. The minimum Gasteiger partial charge on any atom is -0.356 e. The Bertz CT molecular complexity index is 699. The maximum absolute atomic E-state index is 11.7. The molecule has 0 unspecified atom stereocenters. The molecule has 0 aliphatic carbocycles. The Hall–Kier alpha value is -1.47. The molecule has 1 N–H and O–H groups in total. The number of rotatable bonds is 2. The zero-order valence-electron chi connectivity index (χ0n) is 10.9. The predicted molar refractivity (Wildman–Crippen MR) is 80.9 cm³/mol. The van der Waals surface area contributed by atoms with Crippen LogP contribution in [0.3, 0.4) is 0 Å². The van der Waals surface area contributed by atoms with Crippen molar-refractivity contribution in [3.05, 3.63) is 29.8 Å². The molecule has 2 atom stereocenters. The molecule has 0 amide bonds. The fourth-order valence-corrected chi connectivity index (χ4v) is 5.07. The molecule has 0 saturated carbocycles. The number of carbonyl (C=O) groups excluding carboxylic acids is 1. The molecule has 0 radical (unpaired) electrons. The van der Waals surface area contributed by atoms with Crippen LogP contribution < -0.4 is 10.2 Å². The van der Waals surface area contributed by atoms with E-state index in [0.29, 0.717) is 10.7 Å². The van der Waals surface area contributed by atoms with E-state index < -0.39 is 9.84 Å². The summed E-state index contributed by atoms with van der Waals surface area (Å²) in [5.41, 5.74) is 1.36. The van der Waals surface area contributed by atoms with E-state index in [0.717, 1.165) is 5.69 Å². The third-order valence-electron chi connectivity index (χ3n) is 3.71. The highest BCUT2D eigenvalue weighted by molar-refractivity contribution is 7.91. The first-order chi connectivity index (χ1) is 9.37. The van der Waals surface area contributed by atoms with Crippen LogP contribution in [0.25, 0.3) is 0 Å². The topological polar surface area (TPSA) is 66.5 Å². The standard InChI is InChI=1S/C13H14N2O3S2/c1-8(16)9-3-2-4-10(5-9)15-12-7-20(17,18)6-11(12)14-13(15)19/h2-5,11-12H,6-7H2,1H3,(H,14,19)/t11-,12+/m0/s1. The van der Waals surface area contributed by atoms with Crippen LogP contribution in [0.1, 0.15) is 17.3 Å². The Morgan fingerprint density at radius 1 is 1.40 bits per heavy atom. The van der Waals surface area contributed by atoms with Gasteiger partial charge in [0, 0.05) is 11.3 Å². The molecule has 0 aromatic heterocycles. The van der Waals surface area contributed by atoms with E-state index in [9.17, 15) is 13.2 Å². The fraction of sp³-hybridized carbons (Fsp3) is 0.385. The molecule has 0 bridgehead atoms. The quantitative estimate of drug-likeness (QED) is 0.642. The maximum atomic E-state index is 11.7. The molecule has 7 heteroatoms. The Kier molecular flexibility index (Phi) is 3.06. The van der Waals surface area contributed by atoms with Crippen LogP contribution >= 0.6 is 12.2 Å². The summed E-state index contributed by atoms with van der Waals surface area (Å²) in [6.45, 7) is 1.50. The number of nitrogens with one attached hydrogen (secondary N) is 1. The largest absolute Gasteiger partial charge is 0.356 e. The summed E-state index contributed by atoms with van der Waals surface area (Å²) in [5.74, 6) is 0.177. The molecular formula is C13H14N2O3S2. The van der Waals surface area contributed by atoms with Crippen LogP contribution in [-0.4, -0.2) is 42.9 Å². The van der Waals surface area contributed by atoms with Gasteiger partial charge in [0.05, 0.1) is 23.6 Å². The van der Waals surface area contributed by atoms with Gasteiger partial charge in [-0.3, -0.25) is 4.79 Å². The molecule has 1 aromatic carbocycles. The maximum Gasteiger partial charge on any atom is 0.174 e. The van der Waals surface area contributed by atoms with Gasteiger partial charge >= 0.3 is 0 Å². The highest BCUT2D eigenvalue weighted by Crippen LogP contribution is 2.30. The molecule has 1 aromatic rings. The highest BCUT2D eigenvalue weighted by Gasteiger charge is 2.47. The van der Waals surface area contributed by atoms with Gasteiger partial charge in [0.1, 0.15) is 0 Å². The average Bonchev–Trinajstić information content (AvgIpc) is 2.79. The number of hydrogen-bond acceptors (Lipinski definition) is 4. The lowest BCUT2D eigenvalue weighted by atomic mass is 10.1. The number of thiocarbonyl (C=S) groups is 1. The van der Waals surface area contributed by atoms with E-state index >= 15 is 0 Å². The second-order valence-corrected chi connectivity index (χ2v) is 7.72. The molecule has 20 heavy (non-hydrogen) atoms. The zero-order chi connectivity index (χ0) is 14.5. The number of fused-ring (bicyclic) bond motifs is 1. The number of benzene rings is 1. The van der Waals surface area contributed by atoms with Crippen LogP contribution in [0.2, 0.25) is 0 Å². The van der Waals surface area contributed by atoms with Crippen molar-refractivity contribution in [2.75, 3.05) is 16.4 Å². The van der Waals surface area contributed by atoms with E-state index in [1.165, 1.54) is 6.92 Å². The van der Waals surface area contributed by atoms with Crippen molar-refractivity contribution in [1.82, 2.24) is 5.32 Å². The van der Waals surface area contributed by atoms with Crippen LogP contribution in [0.4, 0.5) is 5.69 Å². The number of sulfone groups is 1. The van der Waals surface area contributed by atoms with Gasteiger partial charge in [0.15, 0.2) is 20.7 Å². The van der Waals surface area contributed by atoms with E-state index in [4.69, 9.17) is 12.2 Å². The first-order valence-electron chi connectivity index (χ1n) is 6.28. The summed E-state index contributed by atoms with van der Waals surface area (Å²) in [5, 5.41) is 3.59. The van der Waals surface area contributed by atoms with Crippen molar-refractivity contribution in [2.45, 2.75) is 19.0 Å². The summed E-state index contributed by atoms with van der Waals surface area (Å²) >= 11 is 5.30.